The first kappa shape index (κ1) is 11.3. The van der Waals surface area contributed by atoms with Gasteiger partial charge >= 0.3 is 0 Å². The van der Waals surface area contributed by atoms with Crippen LogP contribution in [0.5, 0.6) is 0 Å². The molecule has 3 N–H and O–H groups in total. The fourth-order valence-electron chi connectivity index (χ4n) is 2.10. The Morgan fingerprint density at radius 3 is 3.11 bits per heavy atom. The lowest BCUT2D eigenvalue weighted by Gasteiger charge is -2.13. The molecule has 0 aromatic carbocycles. The summed E-state index contributed by atoms with van der Waals surface area (Å²) in [5.74, 6) is 0. The van der Waals surface area contributed by atoms with Gasteiger partial charge in [0.1, 0.15) is 18.7 Å². The molecule has 1 aliphatic rings. The first-order valence-electron chi connectivity index (χ1n) is 5.55. The van der Waals surface area contributed by atoms with E-state index in [1.165, 1.54) is 17.2 Å². The highest BCUT2D eigenvalue weighted by Gasteiger charge is 2.35. The molecule has 1 fully saturated rings. The van der Waals surface area contributed by atoms with Gasteiger partial charge in [-0.15, -0.1) is 0 Å². The Kier molecular flexibility index (Phi) is 2.62. The normalized spacial score (nSPS) is 28.0. The van der Waals surface area contributed by atoms with Gasteiger partial charge in [-0.25, -0.2) is 9.97 Å². The van der Waals surface area contributed by atoms with Crippen LogP contribution < -0.4 is 5.56 Å². The molecule has 0 spiro atoms. The van der Waals surface area contributed by atoms with E-state index in [2.05, 4.69) is 15.0 Å². The van der Waals surface area contributed by atoms with Gasteiger partial charge in [0.2, 0.25) is 0 Å². The molecule has 96 valence electrons. The molecule has 0 radical (unpaired) electrons. The van der Waals surface area contributed by atoms with Gasteiger partial charge in [0, 0.05) is 6.42 Å². The van der Waals surface area contributed by atoms with E-state index < -0.39 is 18.4 Å². The summed E-state index contributed by atoms with van der Waals surface area (Å²) in [5.41, 5.74) is 0.324. The highest BCUT2D eigenvalue weighted by atomic mass is 16.5. The van der Waals surface area contributed by atoms with Crippen LogP contribution in [0, 0.1) is 0 Å². The standard InChI is InChI=1S/C10H12N4O4/c15-2-6-5(16)1-7(18-6)14-4-13-9-8(10(14)17)11-3-12-9/h3-7,15-16H,1-2H2,(H,11,12)/t5-,6+,7?/m0/s1. The van der Waals surface area contributed by atoms with Crippen molar-refractivity contribution in [1.82, 2.24) is 19.5 Å². The number of rotatable bonds is 2. The Hall–Kier alpha value is -1.77. The van der Waals surface area contributed by atoms with Crippen LogP contribution in [0.4, 0.5) is 0 Å². The first-order chi connectivity index (χ1) is 8.70. The van der Waals surface area contributed by atoms with Crippen molar-refractivity contribution in [2.75, 3.05) is 6.61 Å². The second kappa shape index (κ2) is 4.16. The number of hydrogen-bond acceptors (Lipinski definition) is 6. The van der Waals surface area contributed by atoms with E-state index in [4.69, 9.17) is 9.84 Å². The van der Waals surface area contributed by atoms with Crippen LogP contribution in [0.25, 0.3) is 11.2 Å². The van der Waals surface area contributed by atoms with Crippen LogP contribution in [-0.2, 0) is 4.74 Å². The molecular formula is C10H12N4O4. The Bertz CT molecular complexity index is 622. The Morgan fingerprint density at radius 2 is 2.39 bits per heavy atom. The summed E-state index contributed by atoms with van der Waals surface area (Å²) < 4.78 is 6.69. The van der Waals surface area contributed by atoms with E-state index in [1.807, 2.05) is 0 Å². The van der Waals surface area contributed by atoms with Crippen molar-refractivity contribution in [2.45, 2.75) is 24.9 Å². The number of imidazole rings is 1. The molecule has 8 heteroatoms. The maximum absolute atomic E-state index is 12.1. The summed E-state index contributed by atoms with van der Waals surface area (Å²) >= 11 is 0. The molecule has 1 saturated heterocycles. The van der Waals surface area contributed by atoms with Crippen molar-refractivity contribution in [2.24, 2.45) is 0 Å². The van der Waals surface area contributed by atoms with Gasteiger partial charge in [-0.2, -0.15) is 0 Å². The van der Waals surface area contributed by atoms with E-state index >= 15 is 0 Å². The number of fused-ring (bicyclic) bond motifs is 1. The first-order valence-corrected chi connectivity index (χ1v) is 5.55. The zero-order valence-electron chi connectivity index (χ0n) is 9.35. The van der Waals surface area contributed by atoms with Gasteiger partial charge < -0.3 is 19.9 Å². The number of H-pyrrole nitrogens is 1. The number of nitrogens with zero attached hydrogens (tertiary/aromatic N) is 3. The third-order valence-corrected chi connectivity index (χ3v) is 3.07. The van der Waals surface area contributed by atoms with Crippen LogP contribution in [0.2, 0.25) is 0 Å². The molecule has 8 nitrogen and oxygen atoms in total. The van der Waals surface area contributed by atoms with E-state index in [1.54, 1.807) is 0 Å². The number of aromatic nitrogens is 4. The number of aliphatic hydroxyl groups excluding tert-OH is 2. The summed E-state index contributed by atoms with van der Waals surface area (Å²) in [7, 11) is 0. The monoisotopic (exact) mass is 252 g/mol. The summed E-state index contributed by atoms with van der Waals surface area (Å²) in [4.78, 5) is 22.7. The van der Waals surface area contributed by atoms with Gasteiger partial charge in [-0.1, -0.05) is 0 Å². The zero-order valence-corrected chi connectivity index (χ0v) is 9.35. The largest absolute Gasteiger partial charge is 0.394 e. The molecule has 0 amide bonds. The number of aromatic amines is 1. The molecule has 0 saturated carbocycles. The quantitative estimate of drug-likeness (QED) is 0.616. The fourth-order valence-corrected chi connectivity index (χ4v) is 2.10. The Morgan fingerprint density at radius 1 is 1.56 bits per heavy atom. The van der Waals surface area contributed by atoms with Crippen molar-refractivity contribution in [1.29, 1.82) is 0 Å². The average molecular weight is 252 g/mol. The van der Waals surface area contributed by atoms with Crippen LogP contribution >= 0.6 is 0 Å². The van der Waals surface area contributed by atoms with Gasteiger partial charge in [-0.05, 0) is 0 Å². The van der Waals surface area contributed by atoms with Crippen molar-refractivity contribution in [3.8, 4) is 0 Å². The molecule has 1 aliphatic heterocycles. The van der Waals surface area contributed by atoms with E-state index in [0.717, 1.165) is 0 Å². The zero-order chi connectivity index (χ0) is 12.7. The molecule has 0 bridgehead atoms. The van der Waals surface area contributed by atoms with Crippen LogP contribution in [-0.4, -0.2) is 48.5 Å². The molecule has 2 aromatic rings. The second-order valence-electron chi connectivity index (χ2n) is 4.17. The molecule has 3 rings (SSSR count). The van der Waals surface area contributed by atoms with E-state index in [0.29, 0.717) is 11.2 Å². The van der Waals surface area contributed by atoms with Gasteiger partial charge in [0.15, 0.2) is 11.2 Å². The van der Waals surface area contributed by atoms with Crippen molar-refractivity contribution in [3.63, 3.8) is 0 Å². The number of hydrogen-bond donors (Lipinski definition) is 3. The Labute approximate surface area is 101 Å². The lowest BCUT2D eigenvalue weighted by Crippen LogP contribution is -2.26. The molecule has 3 atom stereocenters. The predicted molar refractivity (Wildman–Crippen MR) is 59.8 cm³/mol. The second-order valence-corrected chi connectivity index (χ2v) is 4.17. The number of ether oxygens (including phenoxy) is 1. The van der Waals surface area contributed by atoms with Crippen LogP contribution in [0.1, 0.15) is 12.6 Å². The highest BCUT2D eigenvalue weighted by molar-refractivity contribution is 5.67. The summed E-state index contributed by atoms with van der Waals surface area (Å²) in [6, 6.07) is 0. The summed E-state index contributed by atoms with van der Waals surface area (Å²) in [6.45, 7) is -0.286. The fraction of sp³-hybridized carbons (Fsp3) is 0.500. The summed E-state index contributed by atoms with van der Waals surface area (Å²) in [6.07, 6.45) is 0.896. The van der Waals surface area contributed by atoms with Crippen molar-refractivity contribution >= 4 is 11.2 Å². The smallest absolute Gasteiger partial charge is 0.281 e. The van der Waals surface area contributed by atoms with Crippen molar-refractivity contribution in [3.05, 3.63) is 23.0 Å². The van der Waals surface area contributed by atoms with Crippen LogP contribution in [0.3, 0.4) is 0 Å². The van der Waals surface area contributed by atoms with E-state index in [9.17, 15) is 9.90 Å². The number of aliphatic hydroxyl groups is 2. The predicted octanol–water partition coefficient (Wildman–Crippen LogP) is -1.24. The van der Waals surface area contributed by atoms with Crippen molar-refractivity contribution < 1.29 is 14.9 Å². The lowest BCUT2D eigenvalue weighted by molar-refractivity contribution is -0.0456. The minimum atomic E-state index is -0.788. The molecule has 18 heavy (non-hydrogen) atoms. The minimum absolute atomic E-state index is 0.243. The lowest BCUT2D eigenvalue weighted by atomic mass is 10.2. The number of nitrogens with one attached hydrogen (secondary N) is 1. The SMILES string of the molecule is O=c1c2[nH]cnc2ncn1C1C[C@H](O)[C@@H](CO)O1. The van der Waals surface area contributed by atoms with Gasteiger partial charge in [0.05, 0.1) is 19.0 Å². The Balaban J connectivity index is 2.00. The van der Waals surface area contributed by atoms with Gasteiger partial charge in [-0.3, -0.25) is 9.36 Å². The molecule has 3 heterocycles. The van der Waals surface area contributed by atoms with Gasteiger partial charge in [0.25, 0.3) is 5.56 Å². The molecule has 0 aliphatic carbocycles. The maximum Gasteiger partial charge on any atom is 0.281 e. The summed E-state index contributed by atoms with van der Waals surface area (Å²) in [5, 5.41) is 18.6. The topological polar surface area (TPSA) is 113 Å². The van der Waals surface area contributed by atoms with Crippen LogP contribution in [0.15, 0.2) is 17.4 Å². The third-order valence-electron chi connectivity index (χ3n) is 3.07. The highest BCUT2D eigenvalue weighted by Crippen LogP contribution is 2.27. The maximum atomic E-state index is 12.1. The van der Waals surface area contributed by atoms with E-state index in [-0.39, 0.29) is 18.6 Å². The minimum Gasteiger partial charge on any atom is -0.394 e. The molecule has 1 unspecified atom stereocenters. The molecular weight excluding hydrogens is 240 g/mol. The third kappa shape index (κ3) is 1.62. The average Bonchev–Trinajstić information content (AvgIpc) is 2.96. The molecule has 2 aromatic heterocycles.